The maximum Gasteiger partial charge on any atom is 0.115 e. The van der Waals surface area contributed by atoms with E-state index in [-0.39, 0.29) is 6.73 Å². The summed E-state index contributed by atoms with van der Waals surface area (Å²) in [6, 6.07) is 0. The summed E-state index contributed by atoms with van der Waals surface area (Å²) in [7, 11) is 1.84. The lowest BCUT2D eigenvalue weighted by Gasteiger charge is -2.15. The van der Waals surface area contributed by atoms with Gasteiger partial charge in [0, 0.05) is 12.7 Å². The van der Waals surface area contributed by atoms with Gasteiger partial charge < -0.3 is 10.0 Å². The van der Waals surface area contributed by atoms with E-state index in [0.717, 1.165) is 5.70 Å². The first-order valence-electron chi connectivity index (χ1n) is 4.04. The third kappa shape index (κ3) is 3.98. The van der Waals surface area contributed by atoms with Crippen LogP contribution in [0.25, 0.3) is 0 Å². The Morgan fingerprint density at radius 1 is 1.33 bits per heavy atom. The number of nitrogens with zero attached hydrogens (tertiary/aromatic N) is 1. The van der Waals surface area contributed by atoms with Crippen molar-refractivity contribution in [3.8, 4) is 0 Å². The van der Waals surface area contributed by atoms with Crippen LogP contribution in [-0.2, 0) is 0 Å². The van der Waals surface area contributed by atoms with Crippen molar-refractivity contribution in [3.05, 3.63) is 36.1 Å². The van der Waals surface area contributed by atoms with Crippen molar-refractivity contribution < 1.29 is 5.11 Å². The maximum atomic E-state index is 8.83. The summed E-state index contributed by atoms with van der Waals surface area (Å²) in [6.45, 7) is 3.96. The lowest BCUT2D eigenvalue weighted by atomic mass is 10.3. The van der Waals surface area contributed by atoms with Crippen LogP contribution in [0.5, 0.6) is 0 Å². The molecule has 2 nitrogen and oxygen atoms in total. The number of hydrogen-bond acceptors (Lipinski definition) is 2. The van der Waals surface area contributed by atoms with Gasteiger partial charge in [0.2, 0.25) is 0 Å². The molecule has 0 saturated heterocycles. The molecule has 0 atom stereocenters. The van der Waals surface area contributed by atoms with Crippen LogP contribution in [0.15, 0.2) is 36.1 Å². The molecule has 0 fully saturated rings. The number of aliphatic hydroxyl groups is 1. The van der Waals surface area contributed by atoms with Crippen molar-refractivity contribution in [1.82, 2.24) is 4.90 Å². The molecule has 12 heavy (non-hydrogen) atoms. The topological polar surface area (TPSA) is 23.5 Å². The van der Waals surface area contributed by atoms with Gasteiger partial charge in [-0.3, -0.25) is 0 Å². The summed E-state index contributed by atoms with van der Waals surface area (Å²) in [5.41, 5.74) is 1.01. The third-order valence-corrected chi connectivity index (χ3v) is 1.52. The zero-order valence-electron chi connectivity index (χ0n) is 7.99. The normalized spacial score (nSPS) is 13.2. The molecule has 0 saturated carbocycles. The second kappa shape index (κ2) is 6.68. The highest BCUT2D eigenvalue weighted by atomic mass is 16.3. The van der Waals surface area contributed by atoms with Crippen molar-refractivity contribution in [2.75, 3.05) is 13.8 Å². The van der Waals surface area contributed by atoms with E-state index >= 15 is 0 Å². The van der Waals surface area contributed by atoms with E-state index in [1.165, 1.54) is 0 Å². The average Bonchev–Trinajstić information content (AvgIpc) is 2.11. The Morgan fingerprint density at radius 3 is 2.42 bits per heavy atom. The minimum absolute atomic E-state index is 0.0415. The Bertz CT molecular complexity index is 192. The van der Waals surface area contributed by atoms with E-state index in [1.807, 2.05) is 51.3 Å². The fourth-order valence-electron chi connectivity index (χ4n) is 0.791. The van der Waals surface area contributed by atoms with Gasteiger partial charge in [-0.2, -0.15) is 0 Å². The van der Waals surface area contributed by atoms with Gasteiger partial charge in [-0.05, 0) is 19.9 Å². The summed E-state index contributed by atoms with van der Waals surface area (Å²) in [6.07, 6.45) is 9.77. The largest absolute Gasteiger partial charge is 0.376 e. The van der Waals surface area contributed by atoms with Crippen LogP contribution in [0, 0.1) is 0 Å². The minimum atomic E-state index is 0.0415. The Labute approximate surface area is 74.5 Å². The van der Waals surface area contributed by atoms with Gasteiger partial charge in [-0.15, -0.1) is 0 Å². The Morgan fingerprint density at radius 2 is 2.00 bits per heavy atom. The minimum Gasteiger partial charge on any atom is -0.376 e. The van der Waals surface area contributed by atoms with Crippen LogP contribution in [0.3, 0.4) is 0 Å². The summed E-state index contributed by atoms with van der Waals surface area (Å²) in [5.74, 6) is 0. The molecule has 0 unspecified atom stereocenters. The number of aliphatic hydroxyl groups excluding tert-OH is 1. The molecule has 0 aliphatic heterocycles. The smallest absolute Gasteiger partial charge is 0.115 e. The van der Waals surface area contributed by atoms with Crippen LogP contribution in [-0.4, -0.2) is 23.8 Å². The second-order valence-electron chi connectivity index (χ2n) is 2.44. The molecule has 0 aliphatic carbocycles. The standard InChI is InChI=1S/C10H17NO/c1-4-6-7-8-10(5-2)11(3)9-12/h4-8,12H,9H2,1-3H3/b6-4-,8-7-,10-5+. The molecule has 0 aliphatic rings. The molecular weight excluding hydrogens is 150 g/mol. The van der Waals surface area contributed by atoms with Gasteiger partial charge >= 0.3 is 0 Å². The second-order valence-corrected chi connectivity index (χ2v) is 2.44. The predicted molar refractivity (Wildman–Crippen MR) is 52.6 cm³/mol. The lowest BCUT2D eigenvalue weighted by molar-refractivity contribution is 0.167. The SMILES string of the molecule is C\C=C/C=C\C(=C/C)N(C)CO. The zero-order chi connectivity index (χ0) is 9.40. The molecular formula is C10H17NO. The van der Waals surface area contributed by atoms with Crippen LogP contribution in [0.4, 0.5) is 0 Å². The maximum absolute atomic E-state index is 8.83. The van der Waals surface area contributed by atoms with Crippen LogP contribution in [0.1, 0.15) is 13.8 Å². The van der Waals surface area contributed by atoms with Gasteiger partial charge in [-0.1, -0.05) is 24.3 Å². The van der Waals surface area contributed by atoms with Crippen molar-refractivity contribution in [2.24, 2.45) is 0 Å². The first kappa shape index (κ1) is 11.0. The monoisotopic (exact) mass is 167 g/mol. The van der Waals surface area contributed by atoms with Gasteiger partial charge in [0.05, 0.1) is 0 Å². The molecule has 68 valence electrons. The number of allylic oxidation sites excluding steroid dienone is 5. The van der Waals surface area contributed by atoms with Crippen molar-refractivity contribution in [3.63, 3.8) is 0 Å². The van der Waals surface area contributed by atoms with E-state index in [4.69, 9.17) is 5.11 Å². The Hall–Kier alpha value is -1.02. The number of likely N-dealkylation sites (N-methyl/N-ethyl adjacent to an activating group) is 1. The summed E-state index contributed by atoms with van der Waals surface area (Å²) in [4.78, 5) is 1.76. The molecule has 0 aromatic carbocycles. The van der Waals surface area contributed by atoms with Gasteiger partial charge in [0.1, 0.15) is 6.73 Å². The van der Waals surface area contributed by atoms with Crippen LogP contribution < -0.4 is 0 Å². The third-order valence-electron chi connectivity index (χ3n) is 1.52. The number of rotatable bonds is 4. The summed E-state index contributed by atoms with van der Waals surface area (Å²) >= 11 is 0. The molecule has 1 N–H and O–H groups in total. The molecule has 0 amide bonds. The first-order chi connectivity index (χ1) is 5.76. The average molecular weight is 167 g/mol. The highest BCUT2D eigenvalue weighted by molar-refractivity contribution is 5.19. The van der Waals surface area contributed by atoms with Gasteiger partial charge in [0.25, 0.3) is 0 Å². The Balaban J connectivity index is 4.19. The van der Waals surface area contributed by atoms with Crippen LogP contribution in [0.2, 0.25) is 0 Å². The number of hydrogen-bond donors (Lipinski definition) is 1. The molecule has 0 aromatic rings. The van der Waals surface area contributed by atoms with E-state index < -0.39 is 0 Å². The molecule has 0 heterocycles. The van der Waals surface area contributed by atoms with E-state index in [9.17, 15) is 0 Å². The summed E-state index contributed by atoms with van der Waals surface area (Å²) < 4.78 is 0. The molecule has 0 spiro atoms. The lowest BCUT2D eigenvalue weighted by Crippen LogP contribution is -2.16. The fourth-order valence-corrected chi connectivity index (χ4v) is 0.791. The molecule has 0 bridgehead atoms. The van der Waals surface area contributed by atoms with Crippen molar-refractivity contribution in [2.45, 2.75) is 13.8 Å². The fraction of sp³-hybridized carbons (Fsp3) is 0.400. The highest BCUT2D eigenvalue weighted by Gasteiger charge is 1.94. The first-order valence-corrected chi connectivity index (χ1v) is 4.04. The summed E-state index contributed by atoms with van der Waals surface area (Å²) in [5, 5.41) is 8.83. The van der Waals surface area contributed by atoms with Crippen LogP contribution >= 0.6 is 0 Å². The zero-order valence-corrected chi connectivity index (χ0v) is 7.99. The van der Waals surface area contributed by atoms with Gasteiger partial charge in [-0.25, -0.2) is 0 Å². The highest BCUT2D eigenvalue weighted by Crippen LogP contribution is 2.01. The van der Waals surface area contributed by atoms with E-state index in [2.05, 4.69) is 0 Å². The van der Waals surface area contributed by atoms with Crippen molar-refractivity contribution >= 4 is 0 Å². The quantitative estimate of drug-likeness (QED) is 0.510. The molecule has 0 radical (unpaired) electrons. The van der Waals surface area contributed by atoms with Gasteiger partial charge in [0.15, 0.2) is 0 Å². The molecule has 0 rings (SSSR count). The molecule has 2 heteroatoms. The Kier molecular flexibility index (Phi) is 6.11. The predicted octanol–water partition coefficient (Wildman–Crippen LogP) is 1.90. The van der Waals surface area contributed by atoms with E-state index in [0.29, 0.717) is 0 Å². The van der Waals surface area contributed by atoms with Crippen molar-refractivity contribution in [1.29, 1.82) is 0 Å². The van der Waals surface area contributed by atoms with E-state index in [1.54, 1.807) is 4.90 Å². The molecule has 0 aromatic heterocycles.